The van der Waals surface area contributed by atoms with E-state index in [0.717, 1.165) is 29.0 Å². The van der Waals surface area contributed by atoms with Crippen LogP contribution >= 0.6 is 35.2 Å². The summed E-state index contributed by atoms with van der Waals surface area (Å²) in [5.41, 5.74) is 9.80. The second-order valence-corrected chi connectivity index (χ2v) is 17.9. The second kappa shape index (κ2) is 19.1. The van der Waals surface area contributed by atoms with Crippen molar-refractivity contribution >= 4 is 69.1 Å². The van der Waals surface area contributed by atoms with Crippen LogP contribution in [0, 0.1) is 5.41 Å². The Bertz CT molecular complexity index is 1780. The highest BCUT2D eigenvalue weighted by Crippen LogP contribution is 2.61. The predicted octanol–water partition coefficient (Wildman–Crippen LogP) is -1.60. The first kappa shape index (κ1) is 45.9. The first-order valence-corrected chi connectivity index (χ1v) is 21.2. The number of amides is 2. The number of ether oxygens (including phenoxy) is 1. The number of imidazole rings is 1. The van der Waals surface area contributed by atoms with Gasteiger partial charge in [-0.1, -0.05) is 25.6 Å². The zero-order valence-electron chi connectivity index (χ0n) is 28.9. The minimum atomic E-state index is -5.57. The molecule has 0 aromatic carbocycles. The van der Waals surface area contributed by atoms with E-state index in [4.69, 9.17) is 25.3 Å². The number of nitrogens with two attached hydrogens (primary N) is 2. The summed E-state index contributed by atoms with van der Waals surface area (Å²) in [5, 5.41) is 26.1. The molecule has 3 unspecified atom stereocenters. The molecule has 8 atom stereocenters. The van der Waals surface area contributed by atoms with E-state index in [2.05, 4.69) is 34.4 Å². The summed E-state index contributed by atoms with van der Waals surface area (Å²) >= 11 is 1.02. The van der Waals surface area contributed by atoms with Crippen molar-refractivity contribution in [1.82, 2.24) is 30.2 Å². The molecule has 2 aromatic rings. The van der Waals surface area contributed by atoms with E-state index in [1.807, 2.05) is 0 Å². The van der Waals surface area contributed by atoms with Gasteiger partial charge in [0.2, 0.25) is 11.8 Å². The number of aliphatic hydroxyl groups excluding tert-OH is 2. The Morgan fingerprint density at radius 2 is 1.74 bits per heavy atom. The van der Waals surface area contributed by atoms with Crippen molar-refractivity contribution in [2.75, 3.05) is 37.8 Å². The van der Waals surface area contributed by atoms with Gasteiger partial charge in [0.25, 0.3) is 0 Å². The lowest BCUT2D eigenvalue weighted by molar-refractivity contribution is -0.137. The SMILES string of the molecule is C[C@H](N)CC(=O)SCCNC(=O)CCNC(=O)C(O)C(C)(C)COP(=O)(O)OP(=O)(O)OC[C@H]1O[C@@H](n2cnc3c(N)ncnc32)[C@H](O)[C@@H]1OP(=O)(O)O. The van der Waals surface area contributed by atoms with Crippen LogP contribution in [0.15, 0.2) is 12.7 Å². The molecule has 0 spiro atoms. The summed E-state index contributed by atoms with van der Waals surface area (Å²) in [6.07, 6.45) is -6.74. The van der Waals surface area contributed by atoms with E-state index in [1.54, 1.807) is 6.92 Å². The Hall–Kier alpha value is -2.48. The van der Waals surface area contributed by atoms with Crippen LogP contribution in [0.3, 0.4) is 0 Å². The van der Waals surface area contributed by atoms with Crippen molar-refractivity contribution in [3.05, 3.63) is 12.7 Å². The molecular weight excluding hydrogens is 809 g/mol. The molecule has 25 nitrogen and oxygen atoms in total. The van der Waals surface area contributed by atoms with Gasteiger partial charge in [-0.15, -0.1) is 0 Å². The van der Waals surface area contributed by atoms with Crippen molar-refractivity contribution in [3.8, 4) is 0 Å². The number of aliphatic hydroxyl groups is 2. The minimum Gasteiger partial charge on any atom is -0.386 e. The average Bonchev–Trinajstić information content (AvgIpc) is 3.60. The van der Waals surface area contributed by atoms with E-state index in [9.17, 15) is 57.9 Å². The van der Waals surface area contributed by atoms with Gasteiger partial charge in [-0.25, -0.2) is 28.6 Å². The van der Waals surface area contributed by atoms with Crippen LogP contribution in [0.5, 0.6) is 0 Å². The fourth-order valence-electron chi connectivity index (χ4n) is 4.62. The van der Waals surface area contributed by atoms with E-state index in [1.165, 1.54) is 13.8 Å². The molecule has 29 heteroatoms. The number of thioether (sulfide) groups is 1. The van der Waals surface area contributed by atoms with Crippen LogP contribution in [0.4, 0.5) is 5.82 Å². The number of phosphoric ester groups is 3. The molecule has 0 bridgehead atoms. The molecule has 2 amide bonds. The van der Waals surface area contributed by atoms with Gasteiger partial charge in [0.1, 0.15) is 36.3 Å². The normalized spacial score (nSPS) is 22.6. The maximum atomic E-state index is 12.6. The Morgan fingerprint density at radius 1 is 1.07 bits per heavy atom. The molecule has 1 aliphatic heterocycles. The number of fused-ring (bicyclic) bond motifs is 1. The summed E-state index contributed by atoms with van der Waals surface area (Å²) in [6.45, 7) is 2.14. The molecule has 0 radical (unpaired) electrons. The monoisotopic (exact) mass is 852 g/mol. The lowest BCUT2D eigenvalue weighted by atomic mass is 9.87. The van der Waals surface area contributed by atoms with Crippen LogP contribution in [0.25, 0.3) is 11.2 Å². The van der Waals surface area contributed by atoms with E-state index in [0.29, 0.717) is 5.75 Å². The lowest BCUT2D eigenvalue weighted by Crippen LogP contribution is -2.46. The summed E-state index contributed by atoms with van der Waals surface area (Å²) in [4.78, 5) is 87.0. The molecular formula is C25H43N8O17P3S. The highest BCUT2D eigenvalue weighted by Gasteiger charge is 2.50. The minimum absolute atomic E-state index is 0.0286. The molecule has 12 N–H and O–H groups in total. The van der Waals surface area contributed by atoms with Crippen LogP contribution in [-0.2, 0) is 50.7 Å². The molecule has 0 aliphatic carbocycles. The number of hydrogen-bond acceptors (Lipinski definition) is 19. The predicted molar refractivity (Wildman–Crippen MR) is 185 cm³/mol. The molecule has 306 valence electrons. The molecule has 3 rings (SSSR count). The Kier molecular flexibility index (Phi) is 16.2. The number of aromatic nitrogens is 4. The Morgan fingerprint density at radius 3 is 2.39 bits per heavy atom. The smallest absolute Gasteiger partial charge is 0.386 e. The first-order chi connectivity index (χ1) is 24.9. The van der Waals surface area contributed by atoms with Crippen molar-refractivity contribution in [1.29, 1.82) is 0 Å². The zero-order valence-corrected chi connectivity index (χ0v) is 32.4. The van der Waals surface area contributed by atoms with Gasteiger partial charge < -0.3 is 56.6 Å². The number of nitrogens with zero attached hydrogens (tertiary/aromatic N) is 4. The lowest BCUT2D eigenvalue weighted by Gasteiger charge is -2.30. The Labute approximate surface area is 311 Å². The second-order valence-electron chi connectivity index (χ2n) is 12.5. The number of anilines is 1. The number of phosphoric acid groups is 3. The highest BCUT2D eigenvalue weighted by molar-refractivity contribution is 8.13. The maximum absolute atomic E-state index is 12.6. The fraction of sp³-hybridized carbons (Fsp3) is 0.680. The largest absolute Gasteiger partial charge is 0.481 e. The van der Waals surface area contributed by atoms with Crippen LogP contribution in [0.2, 0.25) is 0 Å². The van der Waals surface area contributed by atoms with E-state index >= 15 is 0 Å². The zero-order chi connectivity index (χ0) is 40.6. The van der Waals surface area contributed by atoms with Crippen molar-refractivity contribution < 1.29 is 80.5 Å². The number of carbonyl (C=O) groups is 3. The average molecular weight is 853 g/mol. The molecule has 1 saturated heterocycles. The maximum Gasteiger partial charge on any atom is 0.481 e. The summed E-state index contributed by atoms with van der Waals surface area (Å²) in [7, 11) is -16.4. The van der Waals surface area contributed by atoms with Crippen molar-refractivity contribution in [2.24, 2.45) is 11.1 Å². The van der Waals surface area contributed by atoms with E-state index < -0.39 is 84.6 Å². The highest BCUT2D eigenvalue weighted by atomic mass is 32.2. The summed E-state index contributed by atoms with van der Waals surface area (Å²) in [5.74, 6) is -1.16. The number of nitrogen functional groups attached to an aromatic ring is 1. The van der Waals surface area contributed by atoms with E-state index in [-0.39, 0.29) is 54.1 Å². The standard InChI is InChI=1S/C25H43N8O17P3S/c1-13(26)8-16(35)54-7-6-28-15(34)4-5-29-23(38)20(37)25(2,3)10-47-53(44,45)50-52(42,43)46-9-14-19(49-51(39,40)41)18(36)24(48-14)33-12-32-17-21(27)30-11-31-22(17)33/h11-14,18-20,24,36-37H,4-10,26H2,1-3H3,(H,28,34)(H,29,38)(H,42,43)(H,44,45)(H2,27,30,31)(H2,39,40,41)/t13-,14+,18+,19+,20?,24+/m0/s1. The van der Waals surface area contributed by atoms with Gasteiger partial charge in [-0.05, 0) is 6.92 Å². The fourth-order valence-corrected chi connectivity index (χ4v) is 8.26. The third-order valence-corrected chi connectivity index (χ3v) is 11.3. The topological polar surface area (TPSA) is 390 Å². The van der Waals surface area contributed by atoms with Crippen LogP contribution in [0.1, 0.15) is 39.8 Å². The molecule has 54 heavy (non-hydrogen) atoms. The molecule has 1 fully saturated rings. The van der Waals surface area contributed by atoms with Crippen molar-refractivity contribution in [3.63, 3.8) is 0 Å². The molecule has 2 aromatic heterocycles. The third kappa shape index (κ3) is 13.9. The van der Waals surface area contributed by atoms with Crippen molar-refractivity contribution in [2.45, 2.75) is 70.3 Å². The number of hydrogen-bond donors (Lipinski definition) is 10. The summed E-state index contributed by atoms with van der Waals surface area (Å²) in [6, 6.07) is -0.280. The van der Waals surface area contributed by atoms with Crippen LogP contribution < -0.4 is 22.1 Å². The molecule has 0 saturated carbocycles. The van der Waals surface area contributed by atoms with Gasteiger partial charge in [0.05, 0.1) is 19.5 Å². The van der Waals surface area contributed by atoms with Gasteiger partial charge in [-0.3, -0.25) is 32.5 Å². The van der Waals surface area contributed by atoms with Gasteiger partial charge in [0.15, 0.2) is 22.8 Å². The number of nitrogens with one attached hydrogen (secondary N) is 2. The Balaban J connectivity index is 1.51. The summed E-state index contributed by atoms with van der Waals surface area (Å²) < 4.78 is 62.0. The third-order valence-electron chi connectivity index (χ3n) is 7.25. The first-order valence-electron chi connectivity index (χ1n) is 15.7. The van der Waals surface area contributed by atoms with Crippen LogP contribution in [-0.4, -0.2) is 129 Å². The van der Waals surface area contributed by atoms with Gasteiger partial charge >= 0.3 is 23.5 Å². The van der Waals surface area contributed by atoms with Gasteiger partial charge in [-0.2, -0.15) is 4.31 Å². The molecule has 3 heterocycles. The van der Waals surface area contributed by atoms with Gasteiger partial charge in [0, 0.05) is 43.1 Å². The number of rotatable bonds is 21. The number of carbonyl (C=O) groups excluding carboxylic acids is 3. The quantitative estimate of drug-likeness (QED) is 0.0499. The molecule has 1 aliphatic rings.